The van der Waals surface area contributed by atoms with E-state index in [9.17, 15) is 4.39 Å². The summed E-state index contributed by atoms with van der Waals surface area (Å²) in [5, 5.41) is 0. The summed E-state index contributed by atoms with van der Waals surface area (Å²) in [7, 11) is 0. The summed E-state index contributed by atoms with van der Waals surface area (Å²) in [6.45, 7) is 1.98. The molecule has 0 saturated carbocycles. The van der Waals surface area contributed by atoms with Gasteiger partial charge < -0.3 is 4.40 Å². The van der Waals surface area contributed by atoms with Crippen LogP contribution in [-0.2, 0) is 0 Å². The lowest BCUT2D eigenvalue weighted by Gasteiger charge is -1.99. The zero-order valence-corrected chi connectivity index (χ0v) is 11.3. The fourth-order valence-corrected chi connectivity index (χ4v) is 2.49. The monoisotopic (exact) mass is 304 g/mol. The average Bonchev–Trinajstić information content (AvgIpc) is 2.69. The molecule has 0 atom stereocenters. The van der Waals surface area contributed by atoms with E-state index in [4.69, 9.17) is 0 Å². The highest BCUT2D eigenvalue weighted by atomic mass is 79.9. The lowest BCUT2D eigenvalue weighted by atomic mass is 10.1. The lowest BCUT2D eigenvalue weighted by Crippen LogP contribution is -1.87. The number of hydrogen-bond donors (Lipinski definition) is 0. The van der Waals surface area contributed by atoms with E-state index in [0.29, 0.717) is 0 Å². The minimum atomic E-state index is -0.247. The van der Waals surface area contributed by atoms with Gasteiger partial charge in [-0.25, -0.2) is 9.37 Å². The Kier molecular flexibility index (Phi) is 2.67. The molecule has 0 N–H and O–H groups in total. The van der Waals surface area contributed by atoms with Crippen molar-refractivity contribution in [3.05, 3.63) is 58.6 Å². The molecule has 18 heavy (non-hydrogen) atoms. The summed E-state index contributed by atoms with van der Waals surface area (Å²) in [6.07, 6.45) is 1.95. The number of fused-ring (bicyclic) bond motifs is 1. The Balaban J connectivity index is 2.30. The number of aromatic nitrogens is 2. The van der Waals surface area contributed by atoms with Gasteiger partial charge in [0.1, 0.15) is 5.82 Å². The average molecular weight is 305 g/mol. The molecular weight excluding hydrogens is 295 g/mol. The maximum atomic E-state index is 13.3. The standard InChI is InChI=1S/C14H10BrFN2/c1-9-13(10-4-2-5-11(16)8-10)17-14-12(15)6-3-7-18(9)14/h2-8H,1H3. The molecule has 0 saturated heterocycles. The van der Waals surface area contributed by atoms with E-state index in [1.807, 2.05) is 35.7 Å². The molecule has 0 bridgehead atoms. The van der Waals surface area contributed by atoms with Crippen LogP contribution in [0.4, 0.5) is 4.39 Å². The van der Waals surface area contributed by atoms with Gasteiger partial charge in [0.15, 0.2) is 5.65 Å². The van der Waals surface area contributed by atoms with Crippen molar-refractivity contribution in [2.75, 3.05) is 0 Å². The minimum absolute atomic E-state index is 0.247. The summed E-state index contributed by atoms with van der Waals surface area (Å²) >= 11 is 3.47. The van der Waals surface area contributed by atoms with Gasteiger partial charge in [-0.15, -0.1) is 0 Å². The fraction of sp³-hybridized carbons (Fsp3) is 0.0714. The molecule has 2 nitrogen and oxygen atoms in total. The van der Waals surface area contributed by atoms with E-state index < -0.39 is 0 Å². The van der Waals surface area contributed by atoms with Gasteiger partial charge >= 0.3 is 0 Å². The van der Waals surface area contributed by atoms with Gasteiger partial charge in [0.05, 0.1) is 10.2 Å². The Morgan fingerprint density at radius 3 is 2.78 bits per heavy atom. The third kappa shape index (κ3) is 1.73. The van der Waals surface area contributed by atoms with Crippen molar-refractivity contribution in [3.8, 4) is 11.3 Å². The van der Waals surface area contributed by atoms with E-state index in [1.54, 1.807) is 6.07 Å². The Bertz CT molecular complexity index is 734. The second kappa shape index (κ2) is 4.21. The normalized spacial score (nSPS) is 11.1. The van der Waals surface area contributed by atoms with Gasteiger partial charge in [-0.3, -0.25) is 0 Å². The van der Waals surface area contributed by atoms with Crippen LogP contribution in [0.5, 0.6) is 0 Å². The van der Waals surface area contributed by atoms with Gasteiger partial charge in [-0.05, 0) is 47.1 Å². The highest BCUT2D eigenvalue weighted by Crippen LogP contribution is 2.27. The molecule has 0 amide bonds. The van der Waals surface area contributed by atoms with Crippen molar-refractivity contribution >= 4 is 21.6 Å². The third-order valence-electron chi connectivity index (χ3n) is 2.94. The Morgan fingerprint density at radius 1 is 1.22 bits per heavy atom. The second-order valence-electron chi connectivity index (χ2n) is 4.11. The van der Waals surface area contributed by atoms with E-state index in [2.05, 4.69) is 20.9 Å². The van der Waals surface area contributed by atoms with Crippen LogP contribution in [-0.4, -0.2) is 9.38 Å². The first-order valence-corrected chi connectivity index (χ1v) is 6.35. The molecule has 0 fully saturated rings. The van der Waals surface area contributed by atoms with Crippen molar-refractivity contribution in [1.82, 2.24) is 9.38 Å². The summed E-state index contributed by atoms with van der Waals surface area (Å²) in [5.41, 5.74) is 3.44. The topological polar surface area (TPSA) is 17.3 Å². The van der Waals surface area contributed by atoms with Crippen LogP contribution in [0.15, 0.2) is 47.1 Å². The highest BCUT2D eigenvalue weighted by Gasteiger charge is 2.12. The fourth-order valence-electron chi connectivity index (χ4n) is 2.06. The molecule has 1 aromatic carbocycles. The number of benzene rings is 1. The largest absolute Gasteiger partial charge is 0.303 e. The number of aryl methyl sites for hydroxylation is 1. The molecule has 3 rings (SSSR count). The number of imidazole rings is 1. The maximum Gasteiger partial charge on any atom is 0.152 e. The van der Waals surface area contributed by atoms with Crippen LogP contribution in [0.25, 0.3) is 16.9 Å². The Labute approximate surface area is 112 Å². The van der Waals surface area contributed by atoms with E-state index >= 15 is 0 Å². The summed E-state index contributed by atoms with van der Waals surface area (Å²) in [4.78, 5) is 4.57. The molecule has 0 spiro atoms. The molecule has 0 aliphatic rings. The number of rotatable bonds is 1. The van der Waals surface area contributed by atoms with Gasteiger partial charge in [0.2, 0.25) is 0 Å². The number of pyridine rings is 1. The Hall–Kier alpha value is -1.68. The van der Waals surface area contributed by atoms with Crippen LogP contribution in [0.2, 0.25) is 0 Å². The molecular formula is C14H10BrFN2. The molecule has 0 unspecified atom stereocenters. The van der Waals surface area contributed by atoms with Gasteiger partial charge in [0.25, 0.3) is 0 Å². The summed E-state index contributed by atoms with van der Waals surface area (Å²) < 4.78 is 16.2. The predicted molar refractivity (Wildman–Crippen MR) is 73.0 cm³/mol. The third-order valence-corrected chi connectivity index (χ3v) is 3.56. The van der Waals surface area contributed by atoms with Gasteiger partial charge in [-0.1, -0.05) is 12.1 Å². The summed E-state index contributed by atoms with van der Waals surface area (Å²) in [5.74, 6) is -0.247. The smallest absolute Gasteiger partial charge is 0.152 e. The molecule has 0 aliphatic heterocycles. The van der Waals surface area contributed by atoms with Gasteiger partial charge in [-0.2, -0.15) is 0 Å². The first-order chi connectivity index (χ1) is 8.66. The maximum absolute atomic E-state index is 13.3. The highest BCUT2D eigenvalue weighted by molar-refractivity contribution is 9.10. The van der Waals surface area contributed by atoms with Crippen LogP contribution in [0.1, 0.15) is 5.69 Å². The first-order valence-electron chi connectivity index (χ1n) is 5.56. The SMILES string of the molecule is Cc1c(-c2cccc(F)c2)nc2c(Br)cccn12. The van der Waals surface area contributed by atoms with Crippen LogP contribution in [0.3, 0.4) is 0 Å². The molecule has 2 heterocycles. The minimum Gasteiger partial charge on any atom is -0.303 e. The Morgan fingerprint density at radius 2 is 2.06 bits per heavy atom. The molecule has 90 valence electrons. The van der Waals surface area contributed by atoms with E-state index in [1.165, 1.54) is 12.1 Å². The zero-order valence-electron chi connectivity index (χ0n) is 9.69. The lowest BCUT2D eigenvalue weighted by molar-refractivity contribution is 0.628. The van der Waals surface area contributed by atoms with Crippen molar-refractivity contribution in [3.63, 3.8) is 0 Å². The number of nitrogens with zero attached hydrogens (tertiary/aromatic N) is 2. The quantitative estimate of drug-likeness (QED) is 0.658. The predicted octanol–water partition coefficient (Wildman–Crippen LogP) is 4.21. The number of hydrogen-bond acceptors (Lipinski definition) is 1. The second-order valence-corrected chi connectivity index (χ2v) is 4.96. The van der Waals surface area contributed by atoms with Crippen LogP contribution >= 0.6 is 15.9 Å². The van der Waals surface area contributed by atoms with Crippen molar-refractivity contribution in [1.29, 1.82) is 0 Å². The molecule has 0 radical (unpaired) electrons. The van der Waals surface area contributed by atoms with Gasteiger partial charge in [0, 0.05) is 17.5 Å². The first kappa shape index (κ1) is 11.4. The van der Waals surface area contributed by atoms with Crippen LogP contribution < -0.4 is 0 Å². The van der Waals surface area contributed by atoms with E-state index in [0.717, 1.165) is 27.1 Å². The van der Waals surface area contributed by atoms with Crippen LogP contribution in [0, 0.1) is 12.7 Å². The van der Waals surface area contributed by atoms with Crippen molar-refractivity contribution in [2.45, 2.75) is 6.92 Å². The summed E-state index contributed by atoms with van der Waals surface area (Å²) in [6, 6.07) is 10.4. The molecule has 3 aromatic rings. The molecule has 0 aliphatic carbocycles. The zero-order chi connectivity index (χ0) is 12.7. The molecule has 4 heteroatoms. The van der Waals surface area contributed by atoms with Crippen molar-refractivity contribution in [2.24, 2.45) is 0 Å². The van der Waals surface area contributed by atoms with E-state index in [-0.39, 0.29) is 5.82 Å². The van der Waals surface area contributed by atoms with Crippen molar-refractivity contribution < 1.29 is 4.39 Å². The number of halogens is 2. The molecule has 2 aromatic heterocycles.